The predicted molar refractivity (Wildman–Crippen MR) is 88.4 cm³/mol. The molecule has 1 aromatic rings. The Balaban J connectivity index is 1.75. The van der Waals surface area contributed by atoms with Gasteiger partial charge in [0.1, 0.15) is 0 Å². The summed E-state index contributed by atoms with van der Waals surface area (Å²) >= 11 is 0. The summed E-state index contributed by atoms with van der Waals surface area (Å²) in [5, 5.41) is 0. The molecule has 0 aliphatic heterocycles. The van der Waals surface area contributed by atoms with Gasteiger partial charge in [-0.15, -0.1) is 0 Å². The van der Waals surface area contributed by atoms with E-state index in [0.717, 1.165) is 30.5 Å². The topological polar surface area (TPSA) is 38.3 Å². The zero-order valence-electron chi connectivity index (χ0n) is 13.1. The van der Waals surface area contributed by atoms with Crippen LogP contribution in [0.2, 0.25) is 0 Å². The third-order valence-electron chi connectivity index (χ3n) is 4.49. The summed E-state index contributed by atoms with van der Waals surface area (Å²) in [4.78, 5) is 18.7. The van der Waals surface area contributed by atoms with E-state index in [1.165, 1.54) is 24.8 Å². The van der Waals surface area contributed by atoms with Crippen LogP contribution in [0.3, 0.4) is 0 Å². The number of anilines is 1. The molecule has 0 bridgehead atoms. The fraction of sp³-hybridized carbons (Fsp3) is 0.421. The van der Waals surface area contributed by atoms with Crippen molar-refractivity contribution in [2.45, 2.75) is 51.0 Å². The SMILES string of the molecule is CC1(ONc2ccccc2)C=CC2=C(CCCCCC2)C1=O. The Kier molecular flexibility index (Phi) is 4.44. The van der Waals surface area contributed by atoms with Gasteiger partial charge >= 0.3 is 0 Å². The van der Waals surface area contributed by atoms with Crippen LogP contribution in [-0.4, -0.2) is 11.4 Å². The maximum atomic E-state index is 12.9. The molecule has 0 amide bonds. The molecule has 1 aromatic carbocycles. The summed E-state index contributed by atoms with van der Waals surface area (Å²) in [6.07, 6.45) is 10.6. The van der Waals surface area contributed by atoms with Crippen LogP contribution in [0.15, 0.2) is 53.6 Å². The van der Waals surface area contributed by atoms with Crippen LogP contribution in [0.1, 0.15) is 45.4 Å². The molecule has 0 spiro atoms. The molecule has 116 valence electrons. The highest BCUT2D eigenvalue weighted by molar-refractivity contribution is 6.05. The number of rotatable bonds is 3. The van der Waals surface area contributed by atoms with Crippen molar-refractivity contribution in [3.8, 4) is 0 Å². The molecular weight excluding hydrogens is 274 g/mol. The number of para-hydroxylation sites is 1. The minimum absolute atomic E-state index is 0.107. The van der Waals surface area contributed by atoms with Crippen molar-refractivity contribution in [2.75, 3.05) is 5.48 Å². The van der Waals surface area contributed by atoms with E-state index in [1.54, 1.807) is 0 Å². The molecule has 0 saturated carbocycles. The highest BCUT2D eigenvalue weighted by Gasteiger charge is 2.38. The second kappa shape index (κ2) is 6.49. The zero-order chi connectivity index (χ0) is 15.4. The number of carbonyl (C=O) groups excluding carboxylic acids is 1. The average molecular weight is 297 g/mol. The van der Waals surface area contributed by atoms with Gasteiger partial charge in [0.05, 0.1) is 5.69 Å². The lowest BCUT2D eigenvalue weighted by molar-refractivity contribution is -0.130. The van der Waals surface area contributed by atoms with Crippen molar-refractivity contribution in [3.63, 3.8) is 0 Å². The lowest BCUT2D eigenvalue weighted by Crippen LogP contribution is -2.41. The normalized spacial score (nSPS) is 25.4. The van der Waals surface area contributed by atoms with E-state index in [2.05, 4.69) is 11.6 Å². The first-order valence-electron chi connectivity index (χ1n) is 8.14. The molecule has 0 aromatic heterocycles. The first kappa shape index (κ1) is 15.0. The Morgan fingerprint density at radius 1 is 1.05 bits per heavy atom. The van der Waals surface area contributed by atoms with Gasteiger partial charge in [0.15, 0.2) is 11.4 Å². The number of ketones is 1. The van der Waals surface area contributed by atoms with E-state index in [4.69, 9.17) is 4.84 Å². The summed E-state index contributed by atoms with van der Waals surface area (Å²) in [5.74, 6) is 0.107. The van der Waals surface area contributed by atoms with Crippen LogP contribution in [0, 0.1) is 0 Å². The van der Waals surface area contributed by atoms with Crippen molar-refractivity contribution in [3.05, 3.63) is 53.6 Å². The first-order chi connectivity index (χ1) is 10.7. The van der Waals surface area contributed by atoms with Crippen LogP contribution in [0.5, 0.6) is 0 Å². The number of hydrogen-bond acceptors (Lipinski definition) is 3. The second-order valence-corrected chi connectivity index (χ2v) is 6.26. The largest absolute Gasteiger partial charge is 0.291 e. The fourth-order valence-corrected chi connectivity index (χ4v) is 3.11. The minimum atomic E-state index is -0.923. The van der Waals surface area contributed by atoms with E-state index < -0.39 is 5.60 Å². The van der Waals surface area contributed by atoms with Crippen LogP contribution in [-0.2, 0) is 9.63 Å². The Bertz CT molecular complexity index is 603. The Morgan fingerprint density at radius 3 is 2.55 bits per heavy atom. The molecule has 3 heteroatoms. The highest BCUT2D eigenvalue weighted by atomic mass is 16.7. The monoisotopic (exact) mass is 297 g/mol. The van der Waals surface area contributed by atoms with E-state index in [9.17, 15) is 4.79 Å². The number of hydrogen-bond donors (Lipinski definition) is 1. The van der Waals surface area contributed by atoms with Crippen LogP contribution >= 0.6 is 0 Å². The summed E-state index contributed by atoms with van der Waals surface area (Å²) in [5.41, 5.74) is 5.03. The van der Waals surface area contributed by atoms with Crippen molar-refractivity contribution in [1.82, 2.24) is 0 Å². The van der Waals surface area contributed by atoms with Gasteiger partial charge in [-0.05, 0) is 56.4 Å². The summed E-state index contributed by atoms with van der Waals surface area (Å²) in [7, 11) is 0. The van der Waals surface area contributed by atoms with E-state index in [1.807, 2.05) is 43.3 Å². The molecule has 0 fully saturated rings. The summed E-state index contributed by atoms with van der Waals surface area (Å²) in [6, 6.07) is 9.65. The molecule has 2 aliphatic carbocycles. The van der Waals surface area contributed by atoms with Gasteiger partial charge in [0.25, 0.3) is 0 Å². The fourth-order valence-electron chi connectivity index (χ4n) is 3.11. The molecule has 22 heavy (non-hydrogen) atoms. The highest BCUT2D eigenvalue weighted by Crippen LogP contribution is 2.33. The number of nitrogens with one attached hydrogen (secondary N) is 1. The standard InChI is InChI=1S/C19H23NO2/c1-19(22-20-16-10-6-4-7-11-16)14-13-15-9-5-2-3-8-12-17(15)18(19)21/h4,6-7,10-11,13-14,20H,2-3,5,8-9,12H2,1H3. The lowest BCUT2D eigenvalue weighted by atomic mass is 9.80. The maximum absolute atomic E-state index is 12.9. The van der Waals surface area contributed by atoms with Gasteiger partial charge in [-0.1, -0.05) is 37.1 Å². The van der Waals surface area contributed by atoms with Crippen molar-refractivity contribution >= 4 is 11.5 Å². The van der Waals surface area contributed by atoms with Crippen LogP contribution < -0.4 is 5.48 Å². The van der Waals surface area contributed by atoms with Gasteiger partial charge in [-0.2, -0.15) is 0 Å². The summed E-state index contributed by atoms with van der Waals surface area (Å²) in [6.45, 7) is 1.84. The van der Waals surface area contributed by atoms with E-state index >= 15 is 0 Å². The molecular formula is C19H23NO2. The van der Waals surface area contributed by atoms with E-state index in [-0.39, 0.29) is 5.78 Å². The van der Waals surface area contributed by atoms with Gasteiger partial charge < -0.3 is 0 Å². The molecule has 0 radical (unpaired) electrons. The summed E-state index contributed by atoms with van der Waals surface area (Å²) < 4.78 is 0. The van der Waals surface area contributed by atoms with Gasteiger partial charge in [-0.3, -0.25) is 15.1 Å². The van der Waals surface area contributed by atoms with Gasteiger partial charge in [-0.25, -0.2) is 0 Å². The third-order valence-corrected chi connectivity index (χ3v) is 4.49. The van der Waals surface area contributed by atoms with Gasteiger partial charge in [0.2, 0.25) is 0 Å². The maximum Gasteiger partial charge on any atom is 0.197 e. The van der Waals surface area contributed by atoms with Crippen LogP contribution in [0.4, 0.5) is 5.69 Å². The molecule has 1 unspecified atom stereocenters. The van der Waals surface area contributed by atoms with Gasteiger partial charge in [0, 0.05) is 5.57 Å². The number of benzene rings is 1. The molecule has 0 saturated heterocycles. The van der Waals surface area contributed by atoms with Crippen molar-refractivity contribution < 1.29 is 9.63 Å². The molecule has 1 N–H and O–H groups in total. The molecule has 3 nitrogen and oxygen atoms in total. The Morgan fingerprint density at radius 2 is 1.77 bits per heavy atom. The quantitative estimate of drug-likeness (QED) is 0.830. The van der Waals surface area contributed by atoms with Crippen molar-refractivity contribution in [2.24, 2.45) is 0 Å². The smallest absolute Gasteiger partial charge is 0.197 e. The average Bonchev–Trinajstić information content (AvgIpc) is 2.52. The third kappa shape index (κ3) is 3.14. The Hall–Kier alpha value is -1.87. The predicted octanol–water partition coefficient (Wildman–Crippen LogP) is 4.58. The number of allylic oxidation sites excluding steroid dienone is 2. The number of carbonyl (C=O) groups is 1. The minimum Gasteiger partial charge on any atom is -0.291 e. The van der Waals surface area contributed by atoms with E-state index in [0.29, 0.717) is 0 Å². The molecule has 0 heterocycles. The lowest BCUT2D eigenvalue weighted by Gasteiger charge is -2.31. The molecule has 2 aliphatic rings. The molecule has 3 rings (SSSR count). The molecule has 1 atom stereocenters. The Labute approximate surface area is 132 Å². The first-order valence-corrected chi connectivity index (χ1v) is 8.14. The number of Topliss-reactive ketones (excluding diaryl/α,β-unsaturated/α-hetero) is 1. The second-order valence-electron chi connectivity index (χ2n) is 6.26. The zero-order valence-corrected chi connectivity index (χ0v) is 13.1. The van der Waals surface area contributed by atoms with Crippen molar-refractivity contribution in [1.29, 1.82) is 0 Å². The van der Waals surface area contributed by atoms with Crippen LogP contribution in [0.25, 0.3) is 0 Å².